The summed E-state index contributed by atoms with van der Waals surface area (Å²) in [6.07, 6.45) is 0. The molecule has 7 heteroatoms. The molecule has 2 unspecified atom stereocenters. The van der Waals surface area contributed by atoms with Crippen LogP contribution < -0.4 is 5.32 Å². The summed E-state index contributed by atoms with van der Waals surface area (Å²) in [5.74, 6) is 0.670. The summed E-state index contributed by atoms with van der Waals surface area (Å²) in [4.78, 5) is 18.2. The minimum absolute atomic E-state index is 0.127. The molecule has 1 saturated heterocycles. The van der Waals surface area contributed by atoms with E-state index >= 15 is 0 Å². The molecule has 1 aromatic carbocycles. The molecular formula is C16H21Cl2N3O2. The third-order valence-corrected chi connectivity index (χ3v) is 4.67. The maximum Gasteiger partial charge on any atom is 0.310 e. The number of ether oxygens (including phenoxy) is 1. The van der Waals surface area contributed by atoms with Crippen LogP contribution in [0.25, 0.3) is 0 Å². The molecule has 126 valence electrons. The summed E-state index contributed by atoms with van der Waals surface area (Å²) in [5, 5.41) is 4.50. The Morgan fingerprint density at radius 2 is 2.17 bits per heavy atom. The quantitative estimate of drug-likeness (QED) is 0.513. The molecule has 23 heavy (non-hydrogen) atoms. The Morgan fingerprint density at radius 3 is 2.78 bits per heavy atom. The summed E-state index contributed by atoms with van der Waals surface area (Å²) in [6.45, 7) is 3.94. The van der Waals surface area contributed by atoms with Crippen molar-refractivity contribution in [2.75, 3.05) is 27.2 Å². The second-order valence-corrected chi connectivity index (χ2v) is 6.49. The van der Waals surface area contributed by atoms with E-state index in [0.29, 0.717) is 23.1 Å². The molecule has 0 saturated carbocycles. The molecule has 1 heterocycles. The van der Waals surface area contributed by atoms with Crippen LogP contribution >= 0.6 is 23.2 Å². The highest BCUT2D eigenvalue weighted by Gasteiger charge is 2.36. The lowest BCUT2D eigenvalue weighted by molar-refractivity contribution is -0.145. The van der Waals surface area contributed by atoms with Gasteiger partial charge < -0.3 is 15.0 Å². The molecular weight excluding hydrogens is 337 g/mol. The molecule has 0 amide bonds. The highest BCUT2D eigenvalue weighted by Crippen LogP contribution is 2.24. The van der Waals surface area contributed by atoms with Crippen LogP contribution in [0.2, 0.25) is 10.0 Å². The van der Waals surface area contributed by atoms with Gasteiger partial charge in [0.2, 0.25) is 0 Å². The van der Waals surface area contributed by atoms with Crippen LogP contribution in [0.15, 0.2) is 23.2 Å². The van der Waals surface area contributed by atoms with Gasteiger partial charge in [-0.1, -0.05) is 36.2 Å². The molecule has 1 fully saturated rings. The first-order chi connectivity index (χ1) is 11.0. The van der Waals surface area contributed by atoms with Crippen LogP contribution in [0.1, 0.15) is 12.5 Å². The van der Waals surface area contributed by atoms with Crippen molar-refractivity contribution in [2.24, 2.45) is 16.8 Å². The molecule has 1 aliphatic rings. The summed E-state index contributed by atoms with van der Waals surface area (Å²) >= 11 is 12.1. The third kappa shape index (κ3) is 4.30. The maximum atomic E-state index is 11.8. The van der Waals surface area contributed by atoms with E-state index in [1.54, 1.807) is 19.2 Å². The average molecular weight is 358 g/mol. The SMILES string of the molecule is CN=C(NCc1ccc(Cl)cc1Cl)N1CC(C)C(C(=O)OC)C1. The molecule has 0 aromatic heterocycles. The molecule has 0 aliphatic carbocycles. The first-order valence-corrected chi connectivity index (χ1v) is 8.19. The fraction of sp³-hybridized carbons (Fsp3) is 0.500. The van der Waals surface area contributed by atoms with Crippen LogP contribution in [0.4, 0.5) is 0 Å². The molecule has 5 nitrogen and oxygen atoms in total. The largest absolute Gasteiger partial charge is 0.469 e. The zero-order valence-corrected chi connectivity index (χ0v) is 15.0. The lowest BCUT2D eigenvalue weighted by atomic mass is 9.99. The van der Waals surface area contributed by atoms with Gasteiger partial charge in [-0.25, -0.2) is 0 Å². The molecule has 2 atom stereocenters. The minimum atomic E-state index is -0.170. The van der Waals surface area contributed by atoms with Gasteiger partial charge in [0.15, 0.2) is 5.96 Å². The van der Waals surface area contributed by atoms with E-state index in [-0.39, 0.29) is 17.8 Å². The van der Waals surface area contributed by atoms with Crippen LogP contribution in [0.5, 0.6) is 0 Å². The number of nitrogens with one attached hydrogen (secondary N) is 1. The number of hydrogen-bond donors (Lipinski definition) is 1. The number of benzene rings is 1. The molecule has 2 rings (SSSR count). The number of halogens is 2. The van der Waals surface area contributed by atoms with Gasteiger partial charge in [-0.05, 0) is 23.6 Å². The summed E-state index contributed by atoms with van der Waals surface area (Å²) in [6, 6.07) is 5.40. The van der Waals surface area contributed by atoms with Crippen LogP contribution in [-0.4, -0.2) is 44.1 Å². The van der Waals surface area contributed by atoms with Crippen molar-refractivity contribution in [3.63, 3.8) is 0 Å². The topological polar surface area (TPSA) is 53.9 Å². The molecule has 1 aromatic rings. The van der Waals surface area contributed by atoms with Crippen LogP contribution in [0.3, 0.4) is 0 Å². The van der Waals surface area contributed by atoms with Gasteiger partial charge in [0.25, 0.3) is 0 Å². The number of guanidine groups is 1. The van der Waals surface area contributed by atoms with Crippen LogP contribution in [0, 0.1) is 11.8 Å². The fourth-order valence-electron chi connectivity index (χ4n) is 2.77. The van der Waals surface area contributed by atoms with Crippen molar-refractivity contribution < 1.29 is 9.53 Å². The zero-order valence-electron chi connectivity index (χ0n) is 13.5. The van der Waals surface area contributed by atoms with Gasteiger partial charge in [-0.15, -0.1) is 0 Å². The normalized spacial score (nSPS) is 21.4. The van der Waals surface area contributed by atoms with E-state index in [4.69, 9.17) is 27.9 Å². The van der Waals surface area contributed by atoms with Crippen molar-refractivity contribution in [3.8, 4) is 0 Å². The number of methoxy groups -OCH3 is 1. The molecule has 0 bridgehead atoms. The summed E-state index contributed by atoms with van der Waals surface area (Å²) in [5.41, 5.74) is 0.939. The van der Waals surface area contributed by atoms with Crippen molar-refractivity contribution >= 4 is 35.1 Å². The lowest BCUT2D eigenvalue weighted by Gasteiger charge is -2.21. The lowest BCUT2D eigenvalue weighted by Crippen LogP contribution is -2.40. The predicted molar refractivity (Wildman–Crippen MR) is 92.9 cm³/mol. The molecule has 0 spiro atoms. The van der Waals surface area contributed by atoms with Crippen molar-refractivity contribution in [1.29, 1.82) is 0 Å². The summed E-state index contributed by atoms with van der Waals surface area (Å²) < 4.78 is 4.87. The first-order valence-electron chi connectivity index (χ1n) is 7.43. The number of nitrogens with zero attached hydrogens (tertiary/aromatic N) is 2. The van der Waals surface area contributed by atoms with E-state index in [9.17, 15) is 4.79 Å². The number of hydrogen-bond acceptors (Lipinski definition) is 3. The Morgan fingerprint density at radius 1 is 1.43 bits per heavy atom. The minimum Gasteiger partial charge on any atom is -0.469 e. The number of carbonyl (C=O) groups excluding carboxylic acids is 1. The third-order valence-electron chi connectivity index (χ3n) is 4.08. The smallest absolute Gasteiger partial charge is 0.310 e. The second kappa shape index (κ2) is 7.88. The highest BCUT2D eigenvalue weighted by atomic mass is 35.5. The number of esters is 1. The fourth-order valence-corrected chi connectivity index (χ4v) is 3.24. The number of carbonyl (C=O) groups is 1. The predicted octanol–water partition coefficient (Wildman–Crippen LogP) is 2.81. The number of likely N-dealkylation sites (tertiary alicyclic amines) is 1. The Hall–Kier alpha value is -1.46. The zero-order chi connectivity index (χ0) is 17.0. The Kier molecular flexibility index (Phi) is 6.13. The average Bonchev–Trinajstić information content (AvgIpc) is 2.90. The number of rotatable bonds is 3. The summed E-state index contributed by atoms with van der Waals surface area (Å²) in [7, 11) is 3.15. The van der Waals surface area contributed by atoms with Crippen molar-refractivity contribution in [3.05, 3.63) is 33.8 Å². The van der Waals surface area contributed by atoms with E-state index < -0.39 is 0 Å². The first kappa shape index (κ1) is 17.9. The molecule has 1 aliphatic heterocycles. The highest BCUT2D eigenvalue weighted by molar-refractivity contribution is 6.35. The van der Waals surface area contributed by atoms with E-state index in [2.05, 4.69) is 15.2 Å². The van der Waals surface area contributed by atoms with E-state index in [0.717, 1.165) is 18.1 Å². The standard InChI is InChI=1S/C16H21Cl2N3O2/c1-10-8-21(9-13(10)15(22)23-3)16(19-2)20-7-11-4-5-12(17)6-14(11)18/h4-6,10,13H,7-9H2,1-3H3,(H,19,20). The van der Waals surface area contributed by atoms with Crippen LogP contribution in [-0.2, 0) is 16.1 Å². The molecule has 1 N–H and O–H groups in total. The van der Waals surface area contributed by atoms with Gasteiger partial charge in [0.1, 0.15) is 0 Å². The van der Waals surface area contributed by atoms with Gasteiger partial charge in [-0.2, -0.15) is 0 Å². The Bertz CT molecular complexity index is 607. The second-order valence-electron chi connectivity index (χ2n) is 5.65. The molecule has 0 radical (unpaired) electrons. The van der Waals surface area contributed by atoms with Crippen molar-refractivity contribution in [1.82, 2.24) is 10.2 Å². The number of aliphatic imine (C=N–C) groups is 1. The maximum absolute atomic E-state index is 11.8. The van der Waals surface area contributed by atoms with Gasteiger partial charge in [0.05, 0.1) is 13.0 Å². The van der Waals surface area contributed by atoms with E-state index in [1.807, 2.05) is 13.0 Å². The monoisotopic (exact) mass is 357 g/mol. The van der Waals surface area contributed by atoms with Gasteiger partial charge in [0, 0.05) is 36.7 Å². The Labute approximate surface area is 146 Å². The van der Waals surface area contributed by atoms with Gasteiger partial charge in [-0.3, -0.25) is 9.79 Å². The van der Waals surface area contributed by atoms with Gasteiger partial charge >= 0.3 is 5.97 Å². The van der Waals surface area contributed by atoms with E-state index in [1.165, 1.54) is 7.11 Å². The van der Waals surface area contributed by atoms with Crippen molar-refractivity contribution in [2.45, 2.75) is 13.5 Å². The Balaban J connectivity index is 2.00.